The number of nitrogens with zero attached hydrogens (tertiary/aromatic N) is 3. The van der Waals surface area contributed by atoms with E-state index in [2.05, 4.69) is 10.3 Å². The van der Waals surface area contributed by atoms with Crippen LogP contribution < -0.4 is 5.32 Å². The number of rotatable bonds is 4. The van der Waals surface area contributed by atoms with E-state index in [0.29, 0.717) is 16.9 Å². The molecular weight excluding hydrogens is 300 g/mol. The summed E-state index contributed by atoms with van der Waals surface area (Å²) in [6, 6.07) is 4.34. The van der Waals surface area contributed by atoms with Crippen LogP contribution in [0.15, 0.2) is 24.4 Å². The summed E-state index contributed by atoms with van der Waals surface area (Å²) in [5.74, 6) is -0.741. The Morgan fingerprint density at radius 1 is 1.29 bits per heavy atom. The quantitative estimate of drug-likeness (QED) is 0.682. The van der Waals surface area contributed by atoms with E-state index in [4.69, 9.17) is 0 Å². The zero-order valence-corrected chi connectivity index (χ0v) is 11.4. The highest BCUT2D eigenvalue weighted by Crippen LogP contribution is 2.27. The van der Waals surface area contributed by atoms with Gasteiger partial charge in [0.25, 0.3) is 11.6 Å². The third-order valence-electron chi connectivity index (χ3n) is 2.56. The molecule has 1 aromatic carbocycles. The van der Waals surface area contributed by atoms with Gasteiger partial charge in [0.1, 0.15) is 11.8 Å². The molecule has 0 bridgehead atoms. The lowest BCUT2D eigenvalue weighted by molar-refractivity contribution is -0.385. The van der Waals surface area contributed by atoms with Crippen LogP contribution in [0.4, 0.5) is 15.8 Å². The first-order valence-electron chi connectivity index (χ1n) is 5.55. The van der Waals surface area contributed by atoms with Gasteiger partial charge in [0.2, 0.25) is 0 Å². The van der Waals surface area contributed by atoms with E-state index in [0.717, 1.165) is 6.20 Å². The number of nitro benzene ring substituents is 1. The molecule has 0 aliphatic rings. The van der Waals surface area contributed by atoms with Crippen LogP contribution in [0.25, 0.3) is 0 Å². The van der Waals surface area contributed by atoms with Crippen LogP contribution in [0.3, 0.4) is 0 Å². The van der Waals surface area contributed by atoms with Gasteiger partial charge in [-0.3, -0.25) is 30.3 Å². The molecule has 108 valence electrons. The number of amides is 1. The zero-order valence-electron chi connectivity index (χ0n) is 10.6. The van der Waals surface area contributed by atoms with Crippen molar-refractivity contribution in [2.45, 2.75) is 6.92 Å². The lowest BCUT2D eigenvalue weighted by atomic mass is 10.1. The Labute approximate surface area is 121 Å². The Bertz CT molecular complexity index is 742. The molecule has 0 aliphatic carbocycles. The van der Waals surface area contributed by atoms with Crippen molar-refractivity contribution >= 4 is 33.1 Å². The van der Waals surface area contributed by atoms with Gasteiger partial charge in [-0.05, 0) is 24.3 Å². The van der Waals surface area contributed by atoms with Crippen LogP contribution in [-0.4, -0.2) is 20.7 Å². The molecule has 0 spiro atoms. The highest BCUT2D eigenvalue weighted by Gasteiger charge is 2.23. The van der Waals surface area contributed by atoms with Crippen LogP contribution >= 0.6 is 11.3 Å². The highest BCUT2D eigenvalue weighted by atomic mass is 32.1. The first kappa shape index (κ1) is 14.5. The molecule has 1 heterocycles. The van der Waals surface area contributed by atoms with Gasteiger partial charge in [-0.15, -0.1) is 0 Å². The van der Waals surface area contributed by atoms with Gasteiger partial charge < -0.3 is 0 Å². The molecule has 0 radical (unpaired) electrons. The highest BCUT2D eigenvalue weighted by molar-refractivity contribution is 7.18. The molecule has 21 heavy (non-hydrogen) atoms. The molecule has 1 aromatic heterocycles. The average Bonchev–Trinajstić information content (AvgIpc) is 2.86. The largest absolute Gasteiger partial charge is 0.345 e. The third kappa shape index (κ3) is 3.00. The Hall–Kier alpha value is -2.88. The number of aryl methyl sites for hydroxylation is 1. The van der Waals surface area contributed by atoms with Crippen molar-refractivity contribution in [3.8, 4) is 0 Å². The number of carbonyl (C=O) groups excluding carboxylic acids is 1. The van der Waals surface area contributed by atoms with Gasteiger partial charge in [-0.1, -0.05) is 12.1 Å². The van der Waals surface area contributed by atoms with E-state index < -0.39 is 15.8 Å². The normalized spacial score (nSPS) is 10.1. The summed E-state index contributed by atoms with van der Waals surface area (Å²) in [7, 11) is 0. The fourth-order valence-corrected chi connectivity index (χ4v) is 2.28. The number of thiazole rings is 1. The second-order valence-corrected chi connectivity index (χ2v) is 4.95. The summed E-state index contributed by atoms with van der Waals surface area (Å²) < 4.78 is 0. The number of hydrogen-bond donors (Lipinski definition) is 1. The molecule has 0 fully saturated rings. The van der Waals surface area contributed by atoms with E-state index in [9.17, 15) is 25.0 Å². The molecule has 9 nitrogen and oxygen atoms in total. The van der Waals surface area contributed by atoms with Gasteiger partial charge in [-0.2, -0.15) is 0 Å². The minimum atomic E-state index is -0.741. The Morgan fingerprint density at radius 3 is 2.57 bits per heavy atom. The lowest BCUT2D eigenvalue weighted by Gasteiger charge is -2.04. The number of anilines is 1. The van der Waals surface area contributed by atoms with Crippen LogP contribution in [0.1, 0.15) is 15.9 Å². The van der Waals surface area contributed by atoms with Crippen molar-refractivity contribution in [1.82, 2.24) is 4.98 Å². The maximum absolute atomic E-state index is 12.1. The molecule has 2 aromatic rings. The number of para-hydroxylation sites is 1. The fourth-order valence-electron chi connectivity index (χ4n) is 1.66. The predicted octanol–water partition coefficient (Wildman–Crippen LogP) is 2.52. The monoisotopic (exact) mass is 308 g/mol. The molecule has 10 heteroatoms. The number of nitro groups is 2. The van der Waals surface area contributed by atoms with E-state index >= 15 is 0 Å². The summed E-state index contributed by atoms with van der Waals surface area (Å²) in [4.78, 5) is 36.0. The summed E-state index contributed by atoms with van der Waals surface area (Å²) in [6.07, 6.45) is 1.00. The van der Waals surface area contributed by atoms with E-state index in [-0.39, 0.29) is 21.4 Å². The van der Waals surface area contributed by atoms with Crippen molar-refractivity contribution in [3.63, 3.8) is 0 Å². The van der Waals surface area contributed by atoms with Crippen LogP contribution in [0, 0.1) is 27.2 Å². The van der Waals surface area contributed by atoms with E-state index in [1.54, 1.807) is 0 Å². The standard InChI is InChI=1S/C11H8N4O5S/c1-6-3-2-4-7(9(6)15(19)20)10(16)13-11-12-5-8(21-11)14(17)18/h2-5H,1H3,(H,12,13,16). The van der Waals surface area contributed by atoms with Crippen molar-refractivity contribution in [3.05, 3.63) is 55.8 Å². The second kappa shape index (κ2) is 5.63. The van der Waals surface area contributed by atoms with Crippen molar-refractivity contribution in [1.29, 1.82) is 0 Å². The first-order chi connectivity index (χ1) is 9.90. The lowest BCUT2D eigenvalue weighted by Crippen LogP contribution is -2.14. The van der Waals surface area contributed by atoms with Crippen molar-refractivity contribution in [2.75, 3.05) is 5.32 Å². The summed E-state index contributed by atoms with van der Waals surface area (Å²) in [6.45, 7) is 1.52. The Balaban J connectivity index is 2.30. The molecule has 2 rings (SSSR count). The number of aromatic nitrogens is 1. The smallest absolute Gasteiger partial charge is 0.297 e. The van der Waals surface area contributed by atoms with Gasteiger partial charge >= 0.3 is 5.00 Å². The SMILES string of the molecule is Cc1cccc(C(=O)Nc2ncc([N+](=O)[O-])s2)c1[N+](=O)[O-]. The maximum Gasteiger partial charge on any atom is 0.345 e. The molecule has 0 saturated carbocycles. The van der Waals surface area contributed by atoms with Gasteiger partial charge in [0.05, 0.1) is 9.85 Å². The van der Waals surface area contributed by atoms with Crippen molar-refractivity contribution < 1.29 is 14.6 Å². The minimum Gasteiger partial charge on any atom is -0.297 e. The molecule has 0 aliphatic heterocycles. The van der Waals surface area contributed by atoms with Crippen LogP contribution in [0.5, 0.6) is 0 Å². The topological polar surface area (TPSA) is 128 Å². The summed E-state index contributed by atoms with van der Waals surface area (Å²) >= 11 is 0.670. The van der Waals surface area contributed by atoms with Crippen LogP contribution in [-0.2, 0) is 0 Å². The molecule has 0 unspecified atom stereocenters. The fraction of sp³-hybridized carbons (Fsp3) is 0.0909. The number of hydrogen-bond acceptors (Lipinski definition) is 7. The van der Waals surface area contributed by atoms with Gasteiger partial charge in [0.15, 0.2) is 5.13 Å². The number of benzene rings is 1. The number of nitrogens with one attached hydrogen (secondary N) is 1. The second-order valence-electron chi connectivity index (χ2n) is 3.94. The molecule has 1 N–H and O–H groups in total. The van der Waals surface area contributed by atoms with E-state index in [1.165, 1.54) is 25.1 Å². The summed E-state index contributed by atoms with van der Waals surface area (Å²) in [5, 5.41) is 23.6. The van der Waals surface area contributed by atoms with Gasteiger partial charge in [-0.25, -0.2) is 4.98 Å². The van der Waals surface area contributed by atoms with Crippen molar-refractivity contribution in [2.24, 2.45) is 0 Å². The molecular formula is C11H8N4O5S. The average molecular weight is 308 g/mol. The molecule has 0 atom stereocenters. The Kier molecular flexibility index (Phi) is 3.89. The predicted molar refractivity (Wildman–Crippen MR) is 74.6 cm³/mol. The zero-order chi connectivity index (χ0) is 15.6. The summed E-state index contributed by atoms with van der Waals surface area (Å²) in [5.41, 5.74) is -0.0864. The molecule has 1 amide bonds. The van der Waals surface area contributed by atoms with Crippen LogP contribution in [0.2, 0.25) is 0 Å². The Morgan fingerprint density at radius 2 is 2.00 bits per heavy atom. The third-order valence-corrected chi connectivity index (χ3v) is 3.42. The van der Waals surface area contributed by atoms with Gasteiger partial charge in [0, 0.05) is 5.56 Å². The van der Waals surface area contributed by atoms with E-state index in [1.807, 2.05) is 0 Å². The molecule has 0 saturated heterocycles. The minimum absolute atomic E-state index is 0.00232. The number of carbonyl (C=O) groups is 1. The maximum atomic E-state index is 12.1. The first-order valence-corrected chi connectivity index (χ1v) is 6.37.